The number of thiophene rings is 1. The van der Waals surface area contributed by atoms with Gasteiger partial charge in [0.1, 0.15) is 0 Å². The lowest BCUT2D eigenvalue weighted by Gasteiger charge is -2.00. The summed E-state index contributed by atoms with van der Waals surface area (Å²) in [5, 5.41) is 6.07. The SMILES string of the molecule is CCC(=O)NCCc1ccc(-c2csc(C)n2)s1. The first-order chi connectivity index (χ1) is 8.69. The van der Waals surface area contributed by atoms with Crippen LogP contribution in [0.25, 0.3) is 10.6 Å². The van der Waals surface area contributed by atoms with Crippen molar-refractivity contribution in [3.8, 4) is 10.6 Å². The molecule has 1 amide bonds. The molecule has 96 valence electrons. The van der Waals surface area contributed by atoms with Gasteiger partial charge in [0.15, 0.2) is 0 Å². The molecule has 0 aromatic carbocycles. The second kappa shape index (κ2) is 6.11. The van der Waals surface area contributed by atoms with E-state index in [2.05, 4.69) is 27.8 Å². The number of carbonyl (C=O) groups excluding carboxylic acids is 1. The first kappa shape index (κ1) is 13.2. The van der Waals surface area contributed by atoms with E-state index in [-0.39, 0.29) is 5.91 Å². The standard InChI is InChI=1S/C13H16N2OS2/c1-3-13(16)14-7-6-10-4-5-12(18-10)11-8-17-9(2)15-11/h4-5,8H,3,6-7H2,1-2H3,(H,14,16). The average Bonchev–Trinajstić information content (AvgIpc) is 2.97. The number of thiazole rings is 1. The Bertz CT molecular complexity index is 531. The number of amides is 1. The molecule has 0 spiro atoms. The summed E-state index contributed by atoms with van der Waals surface area (Å²) in [5.41, 5.74) is 1.06. The summed E-state index contributed by atoms with van der Waals surface area (Å²) in [7, 11) is 0. The summed E-state index contributed by atoms with van der Waals surface area (Å²) in [4.78, 5) is 18.1. The summed E-state index contributed by atoms with van der Waals surface area (Å²) in [6.45, 7) is 4.59. The highest BCUT2D eigenvalue weighted by Crippen LogP contribution is 2.29. The summed E-state index contributed by atoms with van der Waals surface area (Å²) in [6.07, 6.45) is 1.44. The molecule has 0 radical (unpaired) electrons. The normalized spacial score (nSPS) is 10.6. The average molecular weight is 280 g/mol. The van der Waals surface area contributed by atoms with Crippen LogP contribution >= 0.6 is 22.7 Å². The zero-order valence-corrected chi connectivity index (χ0v) is 12.2. The predicted octanol–water partition coefficient (Wildman–Crippen LogP) is 3.25. The molecule has 3 nitrogen and oxygen atoms in total. The Balaban J connectivity index is 1.92. The van der Waals surface area contributed by atoms with Crippen molar-refractivity contribution in [3.63, 3.8) is 0 Å². The Hall–Kier alpha value is -1.20. The van der Waals surface area contributed by atoms with Crippen molar-refractivity contribution in [2.75, 3.05) is 6.54 Å². The molecular formula is C13H16N2OS2. The van der Waals surface area contributed by atoms with Crippen LogP contribution in [0.15, 0.2) is 17.5 Å². The molecule has 0 unspecified atom stereocenters. The number of hydrogen-bond donors (Lipinski definition) is 1. The summed E-state index contributed by atoms with van der Waals surface area (Å²) in [5.74, 6) is 0.113. The van der Waals surface area contributed by atoms with Gasteiger partial charge in [0.05, 0.1) is 15.6 Å². The lowest BCUT2D eigenvalue weighted by molar-refractivity contribution is -0.120. The lowest BCUT2D eigenvalue weighted by atomic mass is 10.3. The number of carbonyl (C=O) groups is 1. The molecule has 0 aliphatic heterocycles. The molecule has 0 saturated carbocycles. The molecule has 2 aromatic rings. The Morgan fingerprint density at radius 1 is 1.44 bits per heavy atom. The van der Waals surface area contributed by atoms with Crippen molar-refractivity contribution in [1.82, 2.24) is 10.3 Å². The van der Waals surface area contributed by atoms with Crippen LogP contribution in [0.1, 0.15) is 23.2 Å². The van der Waals surface area contributed by atoms with Crippen LogP contribution in [-0.4, -0.2) is 17.4 Å². The van der Waals surface area contributed by atoms with Gasteiger partial charge >= 0.3 is 0 Å². The summed E-state index contributed by atoms with van der Waals surface area (Å²) in [6, 6.07) is 4.23. The zero-order valence-electron chi connectivity index (χ0n) is 10.5. The van der Waals surface area contributed by atoms with Crippen molar-refractivity contribution in [2.24, 2.45) is 0 Å². The van der Waals surface area contributed by atoms with Crippen molar-refractivity contribution in [3.05, 3.63) is 27.4 Å². The molecule has 0 atom stereocenters. The second-order valence-electron chi connectivity index (χ2n) is 3.97. The van der Waals surface area contributed by atoms with Gasteiger partial charge in [0, 0.05) is 23.2 Å². The van der Waals surface area contributed by atoms with Gasteiger partial charge in [-0.05, 0) is 25.5 Å². The Morgan fingerprint density at radius 3 is 2.94 bits per heavy atom. The third-order valence-electron chi connectivity index (χ3n) is 2.55. The molecule has 2 heterocycles. The van der Waals surface area contributed by atoms with E-state index < -0.39 is 0 Å². The van der Waals surface area contributed by atoms with E-state index >= 15 is 0 Å². The monoisotopic (exact) mass is 280 g/mol. The van der Waals surface area contributed by atoms with Crippen LogP contribution in [0, 0.1) is 6.92 Å². The molecule has 2 aromatic heterocycles. The van der Waals surface area contributed by atoms with Crippen molar-refractivity contribution < 1.29 is 4.79 Å². The molecule has 0 bridgehead atoms. The number of aromatic nitrogens is 1. The second-order valence-corrected chi connectivity index (χ2v) is 6.20. The highest BCUT2D eigenvalue weighted by molar-refractivity contribution is 7.16. The third-order valence-corrected chi connectivity index (χ3v) is 4.49. The molecule has 2 rings (SSSR count). The lowest BCUT2D eigenvalue weighted by Crippen LogP contribution is -2.24. The van der Waals surface area contributed by atoms with E-state index in [1.54, 1.807) is 22.7 Å². The largest absolute Gasteiger partial charge is 0.356 e. The molecule has 18 heavy (non-hydrogen) atoms. The maximum atomic E-state index is 11.1. The van der Waals surface area contributed by atoms with Gasteiger partial charge in [0.2, 0.25) is 5.91 Å². The van der Waals surface area contributed by atoms with E-state index in [1.807, 2.05) is 13.8 Å². The van der Waals surface area contributed by atoms with Crippen LogP contribution in [0.2, 0.25) is 0 Å². The van der Waals surface area contributed by atoms with Gasteiger partial charge in [-0.15, -0.1) is 22.7 Å². The van der Waals surface area contributed by atoms with E-state index in [4.69, 9.17) is 0 Å². The number of nitrogens with zero attached hydrogens (tertiary/aromatic N) is 1. The minimum Gasteiger partial charge on any atom is -0.356 e. The fourth-order valence-electron chi connectivity index (χ4n) is 1.58. The van der Waals surface area contributed by atoms with E-state index in [0.29, 0.717) is 13.0 Å². The van der Waals surface area contributed by atoms with Gasteiger partial charge in [-0.3, -0.25) is 4.79 Å². The quantitative estimate of drug-likeness (QED) is 0.913. The predicted molar refractivity (Wildman–Crippen MR) is 77.2 cm³/mol. The molecular weight excluding hydrogens is 264 g/mol. The van der Waals surface area contributed by atoms with Gasteiger partial charge in [-0.1, -0.05) is 6.92 Å². The first-order valence-corrected chi connectivity index (χ1v) is 7.66. The van der Waals surface area contributed by atoms with Gasteiger partial charge < -0.3 is 5.32 Å². The Kier molecular flexibility index (Phi) is 4.49. The summed E-state index contributed by atoms with van der Waals surface area (Å²) >= 11 is 3.42. The Morgan fingerprint density at radius 2 is 2.28 bits per heavy atom. The number of rotatable bonds is 5. The van der Waals surface area contributed by atoms with Crippen molar-refractivity contribution >= 4 is 28.6 Å². The molecule has 0 fully saturated rings. The van der Waals surface area contributed by atoms with Crippen LogP contribution in [-0.2, 0) is 11.2 Å². The van der Waals surface area contributed by atoms with Crippen LogP contribution in [0.3, 0.4) is 0 Å². The summed E-state index contributed by atoms with van der Waals surface area (Å²) < 4.78 is 0. The smallest absolute Gasteiger partial charge is 0.219 e. The number of hydrogen-bond acceptors (Lipinski definition) is 4. The van der Waals surface area contributed by atoms with E-state index in [9.17, 15) is 4.79 Å². The highest BCUT2D eigenvalue weighted by Gasteiger charge is 2.06. The molecule has 0 saturated heterocycles. The zero-order chi connectivity index (χ0) is 13.0. The van der Waals surface area contributed by atoms with Crippen LogP contribution in [0.5, 0.6) is 0 Å². The topological polar surface area (TPSA) is 42.0 Å². The Labute approximate surface area is 115 Å². The molecule has 0 aliphatic carbocycles. The molecule has 1 N–H and O–H groups in total. The molecule has 5 heteroatoms. The first-order valence-electron chi connectivity index (χ1n) is 5.97. The van der Waals surface area contributed by atoms with Gasteiger partial charge in [-0.25, -0.2) is 4.98 Å². The minimum absolute atomic E-state index is 0.113. The van der Waals surface area contributed by atoms with E-state index in [0.717, 1.165) is 17.1 Å². The van der Waals surface area contributed by atoms with Gasteiger partial charge in [-0.2, -0.15) is 0 Å². The highest BCUT2D eigenvalue weighted by atomic mass is 32.1. The minimum atomic E-state index is 0.113. The van der Waals surface area contributed by atoms with Crippen LogP contribution < -0.4 is 5.32 Å². The fourth-order valence-corrected chi connectivity index (χ4v) is 3.23. The van der Waals surface area contributed by atoms with Crippen molar-refractivity contribution in [1.29, 1.82) is 0 Å². The van der Waals surface area contributed by atoms with Gasteiger partial charge in [0.25, 0.3) is 0 Å². The molecule has 0 aliphatic rings. The fraction of sp³-hybridized carbons (Fsp3) is 0.385. The third kappa shape index (κ3) is 3.40. The number of nitrogens with one attached hydrogen (secondary N) is 1. The van der Waals surface area contributed by atoms with E-state index in [1.165, 1.54) is 9.75 Å². The maximum Gasteiger partial charge on any atom is 0.219 e. The van der Waals surface area contributed by atoms with Crippen molar-refractivity contribution in [2.45, 2.75) is 26.7 Å². The number of aryl methyl sites for hydroxylation is 1. The van der Waals surface area contributed by atoms with Crippen LogP contribution in [0.4, 0.5) is 0 Å². The maximum absolute atomic E-state index is 11.1.